The third-order valence-corrected chi connectivity index (χ3v) is 2.59. The van der Waals surface area contributed by atoms with Crippen LogP contribution in [0, 0.1) is 0 Å². The summed E-state index contributed by atoms with van der Waals surface area (Å²) in [7, 11) is 1.86. The summed E-state index contributed by atoms with van der Waals surface area (Å²) in [5.74, 6) is -0.893. The molecular weight excluding hydrogens is 210 g/mol. The summed E-state index contributed by atoms with van der Waals surface area (Å²) >= 11 is 0. The molecule has 1 aliphatic heterocycles. The van der Waals surface area contributed by atoms with Gasteiger partial charge in [0.1, 0.15) is 0 Å². The Morgan fingerprint density at radius 2 is 2.56 bits per heavy atom. The highest BCUT2D eigenvalue weighted by molar-refractivity contribution is 5.72. The number of carbonyl (C=O) groups is 1. The van der Waals surface area contributed by atoms with Crippen LogP contribution in [0.4, 0.5) is 0 Å². The average molecular weight is 225 g/mol. The van der Waals surface area contributed by atoms with Gasteiger partial charge in [0.2, 0.25) is 0 Å². The number of hydrogen-bond donors (Lipinski definition) is 1. The first-order valence-corrected chi connectivity index (χ1v) is 5.19. The standard InChI is InChI=1S/C10H15N3O3/c1-12-5-8(4-11-12)6-13-2-3-16-9(7-13)10(14)15/h4-5,9H,2-3,6-7H2,1H3,(H,14,15). The normalized spacial score (nSPS) is 22.2. The molecule has 1 aromatic heterocycles. The maximum atomic E-state index is 10.8. The van der Waals surface area contributed by atoms with Crippen LogP contribution >= 0.6 is 0 Å². The Labute approximate surface area is 93.4 Å². The Balaban J connectivity index is 1.92. The Hall–Kier alpha value is -1.40. The van der Waals surface area contributed by atoms with Crippen molar-refractivity contribution >= 4 is 5.97 Å². The predicted molar refractivity (Wildman–Crippen MR) is 55.9 cm³/mol. The van der Waals surface area contributed by atoms with Crippen molar-refractivity contribution in [1.29, 1.82) is 0 Å². The molecule has 1 saturated heterocycles. The summed E-state index contributed by atoms with van der Waals surface area (Å²) in [5, 5.41) is 12.9. The molecule has 1 fully saturated rings. The van der Waals surface area contributed by atoms with E-state index in [0.29, 0.717) is 13.2 Å². The zero-order chi connectivity index (χ0) is 11.5. The molecule has 1 aromatic rings. The fraction of sp³-hybridized carbons (Fsp3) is 0.600. The second kappa shape index (κ2) is 4.63. The minimum absolute atomic E-state index is 0.435. The summed E-state index contributed by atoms with van der Waals surface area (Å²) in [6.07, 6.45) is 3.03. The molecule has 88 valence electrons. The number of aryl methyl sites for hydroxylation is 1. The lowest BCUT2D eigenvalue weighted by Gasteiger charge is -2.30. The van der Waals surface area contributed by atoms with Crippen molar-refractivity contribution in [2.75, 3.05) is 19.7 Å². The van der Waals surface area contributed by atoms with Crippen LogP contribution in [0.25, 0.3) is 0 Å². The molecule has 0 amide bonds. The lowest BCUT2D eigenvalue weighted by Crippen LogP contribution is -2.45. The quantitative estimate of drug-likeness (QED) is 0.765. The number of aliphatic carboxylic acids is 1. The van der Waals surface area contributed by atoms with Gasteiger partial charge in [0.05, 0.1) is 12.8 Å². The third kappa shape index (κ3) is 2.59. The lowest BCUT2D eigenvalue weighted by molar-refractivity contribution is -0.156. The van der Waals surface area contributed by atoms with Crippen LogP contribution in [0.2, 0.25) is 0 Å². The van der Waals surface area contributed by atoms with E-state index >= 15 is 0 Å². The molecule has 0 bridgehead atoms. The van der Waals surface area contributed by atoms with Crippen molar-refractivity contribution in [3.05, 3.63) is 18.0 Å². The molecular formula is C10H15N3O3. The van der Waals surface area contributed by atoms with Crippen LogP contribution in [0.5, 0.6) is 0 Å². The fourth-order valence-electron chi connectivity index (χ4n) is 1.81. The highest BCUT2D eigenvalue weighted by Crippen LogP contribution is 2.09. The number of ether oxygens (including phenoxy) is 1. The van der Waals surface area contributed by atoms with Crippen molar-refractivity contribution in [3.8, 4) is 0 Å². The molecule has 6 heteroatoms. The van der Waals surface area contributed by atoms with Gasteiger partial charge in [0.25, 0.3) is 0 Å². The molecule has 2 rings (SSSR count). The summed E-state index contributed by atoms with van der Waals surface area (Å²) < 4.78 is 6.89. The number of hydrogen-bond acceptors (Lipinski definition) is 4. The Kier molecular flexibility index (Phi) is 3.21. The molecule has 1 N–H and O–H groups in total. The molecule has 1 atom stereocenters. The Morgan fingerprint density at radius 1 is 1.75 bits per heavy atom. The first kappa shape index (κ1) is 11.1. The summed E-state index contributed by atoms with van der Waals surface area (Å²) in [5.41, 5.74) is 1.09. The number of morpholine rings is 1. The molecule has 1 aliphatic rings. The number of carboxylic acids is 1. The number of aromatic nitrogens is 2. The highest BCUT2D eigenvalue weighted by Gasteiger charge is 2.26. The number of rotatable bonds is 3. The zero-order valence-corrected chi connectivity index (χ0v) is 9.17. The maximum Gasteiger partial charge on any atom is 0.334 e. The second-order valence-corrected chi connectivity index (χ2v) is 3.96. The Morgan fingerprint density at radius 3 is 3.19 bits per heavy atom. The van der Waals surface area contributed by atoms with Crippen LogP contribution in [-0.2, 0) is 23.1 Å². The van der Waals surface area contributed by atoms with Gasteiger partial charge in [-0.25, -0.2) is 4.79 Å². The summed E-state index contributed by atoms with van der Waals surface area (Å²) in [4.78, 5) is 12.9. The van der Waals surface area contributed by atoms with Gasteiger partial charge in [-0.15, -0.1) is 0 Å². The van der Waals surface area contributed by atoms with E-state index in [1.54, 1.807) is 10.9 Å². The monoisotopic (exact) mass is 225 g/mol. The summed E-state index contributed by atoms with van der Waals surface area (Å²) in [6, 6.07) is 0. The Bertz CT molecular complexity index is 377. The van der Waals surface area contributed by atoms with Gasteiger partial charge in [0, 0.05) is 38.4 Å². The first-order valence-electron chi connectivity index (χ1n) is 5.19. The minimum Gasteiger partial charge on any atom is -0.479 e. The van der Waals surface area contributed by atoms with Crippen LogP contribution < -0.4 is 0 Å². The van der Waals surface area contributed by atoms with Crippen molar-refractivity contribution in [2.45, 2.75) is 12.6 Å². The fourth-order valence-corrected chi connectivity index (χ4v) is 1.81. The van der Waals surface area contributed by atoms with E-state index in [2.05, 4.69) is 10.00 Å². The highest BCUT2D eigenvalue weighted by atomic mass is 16.5. The van der Waals surface area contributed by atoms with Crippen LogP contribution in [0.3, 0.4) is 0 Å². The lowest BCUT2D eigenvalue weighted by atomic mass is 10.2. The SMILES string of the molecule is Cn1cc(CN2CCOC(C(=O)O)C2)cn1. The molecule has 2 heterocycles. The van der Waals surface area contributed by atoms with Crippen molar-refractivity contribution in [3.63, 3.8) is 0 Å². The molecule has 0 aromatic carbocycles. The van der Waals surface area contributed by atoms with Gasteiger partial charge in [-0.3, -0.25) is 9.58 Å². The van der Waals surface area contributed by atoms with Gasteiger partial charge in [-0.05, 0) is 0 Å². The molecule has 0 spiro atoms. The van der Waals surface area contributed by atoms with Crippen molar-refractivity contribution in [2.24, 2.45) is 7.05 Å². The average Bonchev–Trinajstić information content (AvgIpc) is 2.64. The van der Waals surface area contributed by atoms with Gasteiger partial charge < -0.3 is 9.84 Å². The van der Waals surface area contributed by atoms with Gasteiger partial charge in [0.15, 0.2) is 6.10 Å². The van der Waals surface area contributed by atoms with Crippen LogP contribution in [0.1, 0.15) is 5.56 Å². The molecule has 0 aliphatic carbocycles. The van der Waals surface area contributed by atoms with Crippen molar-refractivity contribution in [1.82, 2.24) is 14.7 Å². The number of nitrogens with zero attached hydrogens (tertiary/aromatic N) is 3. The molecule has 0 radical (unpaired) electrons. The van der Waals surface area contributed by atoms with E-state index < -0.39 is 12.1 Å². The van der Waals surface area contributed by atoms with Crippen LogP contribution in [-0.4, -0.2) is 51.6 Å². The van der Waals surface area contributed by atoms with E-state index in [-0.39, 0.29) is 0 Å². The van der Waals surface area contributed by atoms with Crippen molar-refractivity contribution < 1.29 is 14.6 Å². The molecule has 16 heavy (non-hydrogen) atoms. The third-order valence-electron chi connectivity index (χ3n) is 2.59. The number of carboxylic acid groups (broad SMARTS) is 1. The second-order valence-electron chi connectivity index (χ2n) is 3.96. The topological polar surface area (TPSA) is 67.6 Å². The van der Waals surface area contributed by atoms with E-state index in [1.165, 1.54) is 0 Å². The summed E-state index contributed by atoms with van der Waals surface area (Å²) in [6.45, 7) is 2.39. The zero-order valence-electron chi connectivity index (χ0n) is 9.17. The van der Waals surface area contributed by atoms with E-state index in [1.807, 2.05) is 13.2 Å². The van der Waals surface area contributed by atoms with Gasteiger partial charge in [-0.2, -0.15) is 5.10 Å². The molecule has 6 nitrogen and oxygen atoms in total. The van der Waals surface area contributed by atoms with E-state index in [9.17, 15) is 4.79 Å². The van der Waals surface area contributed by atoms with Gasteiger partial charge >= 0.3 is 5.97 Å². The van der Waals surface area contributed by atoms with E-state index in [0.717, 1.165) is 18.7 Å². The van der Waals surface area contributed by atoms with Crippen LogP contribution in [0.15, 0.2) is 12.4 Å². The van der Waals surface area contributed by atoms with E-state index in [4.69, 9.17) is 9.84 Å². The predicted octanol–water partition coefficient (Wildman–Crippen LogP) is -0.295. The van der Waals surface area contributed by atoms with Gasteiger partial charge in [-0.1, -0.05) is 0 Å². The largest absolute Gasteiger partial charge is 0.479 e. The minimum atomic E-state index is -0.893. The molecule has 1 unspecified atom stereocenters. The smallest absolute Gasteiger partial charge is 0.334 e. The maximum absolute atomic E-state index is 10.8. The first-order chi connectivity index (χ1) is 7.65. The molecule has 0 saturated carbocycles.